The van der Waals surface area contributed by atoms with Gasteiger partial charge in [0.15, 0.2) is 23.0 Å². The number of anilines is 2. The maximum atomic E-state index is 6.32. The molecule has 214 valence electrons. The quantitative estimate of drug-likeness (QED) is 0.456. The number of hydrogen-bond acceptors (Lipinski definition) is 10. The summed E-state index contributed by atoms with van der Waals surface area (Å²) in [6.45, 7) is 7.85. The summed E-state index contributed by atoms with van der Waals surface area (Å²) in [5.41, 5.74) is 2.79. The summed E-state index contributed by atoms with van der Waals surface area (Å²) < 4.78 is 29.7. The Morgan fingerprint density at radius 2 is 1.82 bits per heavy atom. The van der Waals surface area contributed by atoms with Gasteiger partial charge in [-0.05, 0) is 50.6 Å². The molecule has 3 aliphatic rings. The Morgan fingerprint density at radius 1 is 0.925 bits per heavy atom. The Kier molecular flexibility index (Phi) is 8.65. The summed E-state index contributed by atoms with van der Waals surface area (Å²) in [6, 6.07) is 8.07. The van der Waals surface area contributed by atoms with Gasteiger partial charge >= 0.3 is 0 Å². The zero-order valence-corrected chi connectivity index (χ0v) is 23.3. The lowest BCUT2D eigenvalue weighted by atomic mass is 10.1. The van der Waals surface area contributed by atoms with Gasteiger partial charge in [-0.1, -0.05) is 18.9 Å². The maximum Gasteiger partial charge on any atom is 0.231 e. The molecule has 1 saturated heterocycles. The predicted octanol–water partition coefficient (Wildman–Crippen LogP) is 4.59. The number of ether oxygens (including phenoxy) is 5. The first kappa shape index (κ1) is 26.9. The summed E-state index contributed by atoms with van der Waals surface area (Å²) in [5, 5.41) is 4.44. The largest absolute Gasteiger partial charge is 0.490 e. The van der Waals surface area contributed by atoms with Crippen LogP contribution in [0.25, 0.3) is 10.9 Å². The molecule has 3 aliphatic heterocycles. The van der Waals surface area contributed by atoms with Gasteiger partial charge in [-0.3, -0.25) is 4.90 Å². The van der Waals surface area contributed by atoms with Crippen molar-refractivity contribution in [2.45, 2.75) is 38.6 Å². The lowest BCUT2D eigenvalue weighted by Gasteiger charge is -2.26. The number of rotatable bonds is 5. The van der Waals surface area contributed by atoms with Crippen molar-refractivity contribution in [1.29, 1.82) is 0 Å². The van der Waals surface area contributed by atoms with E-state index in [1.807, 2.05) is 18.2 Å². The molecule has 0 unspecified atom stereocenters. The Balaban J connectivity index is 1.30. The number of aromatic nitrogens is 2. The van der Waals surface area contributed by atoms with E-state index in [9.17, 15) is 0 Å². The topological polar surface area (TPSA) is 90.4 Å². The molecule has 1 aromatic heterocycles. The van der Waals surface area contributed by atoms with Gasteiger partial charge in [0.05, 0.1) is 37.6 Å². The van der Waals surface area contributed by atoms with Gasteiger partial charge in [0, 0.05) is 37.6 Å². The Hall–Kier alpha value is -3.34. The number of nitrogens with zero attached hydrogens (tertiary/aromatic N) is 4. The molecule has 2 bridgehead atoms. The minimum absolute atomic E-state index is 0.206. The zero-order chi connectivity index (χ0) is 27.1. The highest BCUT2D eigenvalue weighted by Crippen LogP contribution is 2.44. The molecular formula is C30H39N5O5. The second-order valence-corrected chi connectivity index (χ2v) is 10.7. The molecule has 10 nitrogen and oxygen atoms in total. The van der Waals surface area contributed by atoms with Crippen molar-refractivity contribution in [1.82, 2.24) is 19.8 Å². The molecule has 3 aromatic rings. The molecule has 0 aliphatic carbocycles. The Labute approximate surface area is 235 Å². The third-order valence-corrected chi connectivity index (χ3v) is 7.68. The van der Waals surface area contributed by atoms with Crippen molar-refractivity contribution >= 4 is 22.4 Å². The summed E-state index contributed by atoms with van der Waals surface area (Å²) in [7, 11) is 2.16. The van der Waals surface area contributed by atoms with E-state index >= 15 is 0 Å². The first-order valence-corrected chi connectivity index (χ1v) is 14.5. The lowest BCUT2D eigenvalue weighted by Crippen LogP contribution is -2.37. The average Bonchev–Trinajstić information content (AvgIpc) is 3.45. The normalized spacial score (nSPS) is 18.7. The summed E-state index contributed by atoms with van der Waals surface area (Å²) in [5.74, 6) is 3.59. The van der Waals surface area contributed by atoms with Gasteiger partial charge in [-0.2, -0.15) is 0 Å². The Bertz CT molecular complexity index is 1300. The van der Waals surface area contributed by atoms with Crippen LogP contribution in [-0.2, 0) is 11.3 Å². The predicted molar refractivity (Wildman–Crippen MR) is 153 cm³/mol. The van der Waals surface area contributed by atoms with Crippen molar-refractivity contribution in [2.24, 2.45) is 0 Å². The van der Waals surface area contributed by atoms with E-state index in [2.05, 4.69) is 38.2 Å². The third-order valence-electron chi connectivity index (χ3n) is 7.68. The molecule has 4 heterocycles. The van der Waals surface area contributed by atoms with E-state index in [-0.39, 0.29) is 6.79 Å². The van der Waals surface area contributed by atoms with Gasteiger partial charge in [0.25, 0.3) is 0 Å². The first-order valence-electron chi connectivity index (χ1n) is 14.5. The molecule has 2 aromatic carbocycles. The van der Waals surface area contributed by atoms with Crippen LogP contribution in [0.15, 0.2) is 30.6 Å². The molecule has 0 saturated carbocycles. The van der Waals surface area contributed by atoms with E-state index in [4.69, 9.17) is 23.7 Å². The van der Waals surface area contributed by atoms with Crippen LogP contribution in [0.2, 0.25) is 0 Å². The zero-order valence-electron chi connectivity index (χ0n) is 23.3. The van der Waals surface area contributed by atoms with Crippen molar-refractivity contribution in [3.63, 3.8) is 0 Å². The second kappa shape index (κ2) is 12.9. The number of nitrogens with one attached hydrogen (secondary N) is 1. The van der Waals surface area contributed by atoms with E-state index in [1.54, 1.807) is 6.33 Å². The number of hydrogen-bond donors (Lipinski definition) is 1. The number of fused-ring (bicyclic) bond motifs is 4. The van der Waals surface area contributed by atoms with Crippen LogP contribution >= 0.6 is 0 Å². The molecule has 1 fully saturated rings. The first-order chi connectivity index (χ1) is 19.7. The van der Waals surface area contributed by atoms with Crippen LogP contribution in [0.3, 0.4) is 0 Å². The van der Waals surface area contributed by atoms with Crippen molar-refractivity contribution in [3.8, 4) is 23.0 Å². The summed E-state index contributed by atoms with van der Waals surface area (Å²) >= 11 is 0. The molecule has 0 spiro atoms. The molecule has 0 radical (unpaired) electrons. The molecule has 0 amide bonds. The van der Waals surface area contributed by atoms with Gasteiger partial charge in [-0.25, -0.2) is 9.97 Å². The minimum Gasteiger partial charge on any atom is -0.490 e. The van der Waals surface area contributed by atoms with Gasteiger partial charge in [0.1, 0.15) is 12.1 Å². The van der Waals surface area contributed by atoms with Crippen LogP contribution in [0.5, 0.6) is 23.0 Å². The fraction of sp³-hybridized carbons (Fsp3) is 0.533. The van der Waals surface area contributed by atoms with Crippen molar-refractivity contribution < 1.29 is 23.7 Å². The summed E-state index contributed by atoms with van der Waals surface area (Å²) in [6.07, 6.45) is 6.96. The van der Waals surface area contributed by atoms with E-state index < -0.39 is 0 Å². The smallest absolute Gasteiger partial charge is 0.231 e. The van der Waals surface area contributed by atoms with E-state index in [0.717, 1.165) is 117 Å². The van der Waals surface area contributed by atoms with Crippen LogP contribution in [0, 0.1) is 0 Å². The summed E-state index contributed by atoms with van der Waals surface area (Å²) in [4.78, 5) is 14.0. The Morgan fingerprint density at radius 3 is 2.75 bits per heavy atom. The highest BCUT2D eigenvalue weighted by molar-refractivity contribution is 5.94. The number of morpholine rings is 1. The third kappa shape index (κ3) is 6.35. The number of benzene rings is 2. The average molecular weight is 550 g/mol. The highest BCUT2D eigenvalue weighted by atomic mass is 16.7. The molecule has 10 heteroatoms. The van der Waals surface area contributed by atoms with Gasteiger partial charge in [0.2, 0.25) is 6.79 Å². The second-order valence-electron chi connectivity index (χ2n) is 10.7. The molecule has 0 atom stereocenters. The molecule has 40 heavy (non-hydrogen) atoms. The van der Waals surface area contributed by atoms with Crippen LogP contribution in [0.1, 0.15) is 37.7 Å². The van der Waals surface area contributed by atoms with E-state index in [1.165, 1.54) is 6.42 Å². The van der Waals surface area contributed by atoms with Crippen molar-refractivity contribution in [3.05, 3.63) is 36.2 Å². The van der Waals surface area contributed by atoms with Crippen molar-refractivity contribution in [2.75, 3.05) is 71.8 Å². The van der Waals surface area contributed by atoms with Crippen LogP contribution in [-0.4, -0.2) is 86.2 Å². The SMILES string of the molecule is CN1CCCCCCOc2cc3c(ncnc3cc2OCCCN2CCOCC2)Nc2c(ccc3c2OCO3)C1. The molecule has 1 N–H and O–H groups in total. The lowest BCUT2D eigenvalue weighted by molar-refractivity contribution is 0.0357. The standard InChI is InChI=1S/C30H39N5O5/c1-34-9-4-2-3-5-13-37-26-17-23-24(18-27(26)38-14-6-10-35-11-15-36-16-12-35)31-20-32-30(23)33-28-22(19-34)7-8-25-29(28)40-21-39-25/h7-8,17-18,20H,2-6,9-16,19,21H2,1H3,(H,31,32,33). The fourth-order valence-electron chi connectivity index (χ4n) is 5.47. The van der Waals surface area contributed by atoms with E-state index in [0.29, 0.717) is 19.0 Å². The van der Waals surface area contributed by atoms with Gasteiger partial charge in [-0.15, -0.1) is 0 Å². The molecule has 6 rings (SSSR count). The maximum absolute atomic E-state index is 6.32. The molecular weight excluding hydrogens is 510 g/mol. The minimum atomic E-state index is 0.206. The monoisotopic (exact) mass is 549 g/mol. The van der Waals surface area contributed by atoms with Gasteiger partial charge < -0.3 is 33.9 Å². The fourth-order valence-corrected chi connectivity index (χ4v) is 5.47. The van der Waals surface area contributed by atoms with Crippen LogP contribution < -0.4 is 24.3 Å². The highest BCUT2D eigenvalue weighted by Gasteiger charge is 2.23. The van der Waals surface area contributed by atoms with Crippen LogP contribution in [0.4, 0.5) is 11.5 Å².